The van der Waals surface area contributed by atoms with Gasteiger partial charge in [0, 0.05) is 139 Å². The van der Waals surface area contributed by atoms with Crippen molar-refractivity contribution in [2.75, 3.05) is 0 Å². The molecule has 12 heteroatoms. The van der Waals surface area contributed by atoms with Crippen LogP contribution in [0.2, 0.25) is 0 Å². The van der Waals surface area contributed by atoms with Crippen molar-refractivity contribution in [3.63, 3.8) is 0 Å². The summed E-state index contributed by atoms with van der Waals surface area (Å²) < 4.78 is 0. The highest BCUT2D eigenvalue weighted by Crippen LogP contribution is 2.32. The lowest BCUT2D eigenvalue weighted by molar-refractivity contribution is 0.556. The summed E-state index contributed by atoms with van der Waals surface area (Å²) in [6, 6.07) is 41.7. The Bertz CT molecular complexity index is 5000. The maximum absolute atomic E-state index is 5.31. The summed E-state index contributed by atoms with van der Waals surface area (Å²) in [5, 5.41) is 18.2. The zero-order valence-electron chi connectivity index (χ0n) is 90.4. The molecule has 0 atom stereocenters. The molecule has 0 amide bonds. The fraction of sp³-hybridized carbons (Fsp3) is 0.545. The molecule has 0 spiro atoms. The fourth-order valence-electron chi connectivity index (χ4n) is 21.4. The predicted octanol–water partition coefficient (Wildman–Crippen LogP) is 40.1. The predicted molar refractivity (Wildman–Crippen MR) is 623 cm³/mol. The summed E-state index contributed by atoms with van der Waals surface area (Å²) in [6.45, 7) is 13.8. The third kappa shape index (κ3) is 38.6. The molecule has 16 aromatic heterocycles. The maximum atomic E-state index is 5.31. The number of aryl methyl sites for hydroxylation is 6. The van der Waals surface area contributed by atoms with Gasteiger partial charge < -0.3 is 0 Å². The smallest absolute Gasteiger partial charge is 0.159 e. The molecule has 0 saturated heterocycles. The Kier molecular flexibility index (Phi) is 50.4. The lowest BCUT2D eigenvalue weighted by Gasteiger charge is -2.07. The van der Waals surface area contributed by atoms with Crippen LogP contribution >= 0.6 is 0 Å². The van der Waals surface area contributed by atoms with E-state index in [1.165, 1.54) is 380 Å². The third-order valence-corrected chi connectivity index (χ3v) is 30.3. The van der Waals surface area contributed by atoms with Gasteiger partial charge in [-0.15, -0.1) is 0 Å². The monoisotopic (exact) mass is 1930 g/mol. The summed E-state index contributed by atoms with van der Waals surface area (Å²) in [5.74, 6) is 0. The van der Waals surface area contributed by atoms with E-state index in [4.69, 9.17) is 59.8 Å². The first-order valence-electron chi connectivity index (χ1n) is 59.0. The fourth-order valence-corrected chi connectivity index (χ4v) is 21.4. The van der Waals surface area contributed by atoms with Gasteiger partial charge in [0.25, 0.3) is 0 Å². The van der Waals surface area contributed by atoms with E-state index in [1.54, 1.807) is 0 Å². The van der Waals surface area contributed by atoms with E-state index < -0.39 is 0 Å². The zero-order valence-corrected chi connectivity index (χ0v) is 90.4. The molecule has 144 heavy (non-hydrogen) atoms. The molecule has 0 radical (unpaired) electrons. The summed E-state index contributed by atoms with van der Waals surface area (Å²) in [6.07, 6.45) is 108. The number of benzene rings is 6. The average molecular weight is 1930 g/mol. The van der Waals surface area contributed by atoms with E-state index in [9.17, 15) is 0 Å². The second-order valence-electron chi connectivity index (χ2n) is 42.9. The van der Waals surface area contributed by atoms with Crippen LogP contribution in [0.15, 0.2) is 184 Å². The quantitative estimate of drug-likeness (QED) is 0.0333. The van der Waals surface area contributed by atoms with Crippen LogP contribution in [0, 0.1) is 0 Å². The molecule has 0 aliphatic carbocycles. The number of hydrogen-bond acceptors (Lipinski definition) is 12. The van der Waals surface area contributed by atoms with Gasteiger partial charge in [-0.1, -0.05) is 425 Å². The van der Waals surface area contributed by atoms with Gasteiger partial charge in [0.05, 0.1) is 0 Å². The van der Waals surface area contributed by atoms with Crippen LogP contribution in [0.3, 0.4) is 0 Å². The number of nitrogens with zero attached hydrogens (tertiary/aromatic N) is 12. The van der Waals surface area contributed by atoms with Gasteiger partial charge in [-0.3, -0.25) is 0 Å². The van der Waals surface area contributed by atoms with Crippen LogP contribution in [0.5, 0.6) is 0 Å². The largest absolute Gasteiger partial charge is 0.236 e. The average Bonchev–Trinajstić information content (AvgIpc) is 0.796. The summed E-state index contributed by atoms with van der Waals surface area (Å²) in [7, 11) is 0. The molecule has 24 bridgehead atoms. The van der Waals surface area contributed by atoms with Gasteiger partial charge in [-0.05, 0) is 216 Å². The molecule has 0 unspecified atom stereocenters. The van der Waals surface area contributed by atoms with Gasteiger partial charge >= 0.3 is 0 Å². The molecule has 0 saturated carbocycles. The van der Waals surface area contributed by atoms with Crippen molar-refractivity contribution in [2.45, 2.75) is 465 Å². The third-order valence-electron chi connectivity index (χ3n) is 30.3. The summed E-state index contributed by atoms with van der Waals surface area (Å²) in [5.41, 5.74) is 11.8. The SMILES string of the molecule is CCCCCCCCCCCCc1cc2cc(c1)c1cnc(nc1)c1cc(CCCCCCCCCCCC)cc(c1)c1ncc(cn1)c1cc(CCCCCCCCCCCC)cc(c1)c1cnc(nc1)c1cc(CCCCCCCCCCCC)cc(c1)c1cnc(nc1)c1cc(CCCCCCCCCCCC)cc(c1)c1ncc(cn1)c1cc(CCCCCCCCCCCC)cc(c1)c1ncc2cn1. The lowest BCUT2D eigenvalue weighted by Crippen LogP contribution is -1.91. The van der Waals surface area contributed by atoms with Crippen molar-refractivity contribution in [1.29, 1.82) is 0 Å². The van der Waals surface area contributed by atoms with Crippen molar-refractivity contribution in [2.24, 2.45) is 0 Å². The molecule has 22 rings (SSSR count). The molecular weight excluding hydrogens is 1750 g/mol. The van der Waals surface area contributed by atoms with E-state index in [1.807, 2.05) is 74.4 Å². The highest BCUT2D eigenvalue weighted by molar-refractivity contribution is 5.97. The van der Waals surface area contributed by atoms with E-state index in [2.05, 4.69) is 151 Å². The lowest BCUT2D eigenvalue weighted by atomic mass is 10.0. The molecule has 16 heterocycles. The van der Waals surface area contributed by atoms with Crippen LogP contribution in [-0.4, -0.2) is 59.8 Å². The van der Waals surface area contributed by atoms with Gasteiger partial charge in [0.1, 0.15) is 0 Å². The molecule has 0 aliphatic rings. The van der Waals surface area contributed by atoms with Crippen molar-refractivity contribution in [3.05, 3.63) is 217 Å². The summed E-state index contributed by atoms with van der Waals surface area (Å²) >= 11 is 0. The standard InChI is InChI=1S/C132H180N12/c1-7-13-19-25-31-37-43-49-55-61-67-103-73-109-85-111(75-103)123-95-137-129(138-96-123)117-81-107(71-65-59-53-47-41-35-29-23-17-11-5)82-118(89-117)130-139-97-124(98-140-130)112-76-104(68-62-56-50-44-38-32-26-20-14-8-2)74-110(86-112)122-93-135-128(136-94-122)116-80-106(70-64-58-52-46-40-34-28-22-16-10-4)78-114(88-116)126-101-143-132(144-102-126)120-84-108(72-66-60-54-48-42-36-30-24-18-12-6)83-119(90-120)131-141-99-125(100-142-131)113-77-105(69-63-57-51-45-39-33-27-21-15-9-3)79-115(87-113)127-133-91-121(109)92-134-127/h73-102H,7-72H2,1-6H3. The second-order valence-corrected chi connectivity index (χ2v) is 42.9. The Hall–Kier alpha value is -10.2. The Morgan fingerprint density at radius 2 is 0.201 bits per heavy atom. The molecular formula is C132H180N12. The minimum absolute atomic E-state index is 0.682. The minimum Gasteiger partial charge on any atom is -0.236 e. The van der Waals surface area contributed by atoms with E-state index in [0.29, 0.717) is 33.9 Å². The van der Waals surface area contributed by atoms with Crippen LogP contribution in [0.4, 0.5) is 0 Å². The first-order chi connectivity index (χ1) is 71.2. The molecule has 0 fully saturated rings. The Morgan fingerprint density at radius 3 is 0.326 bits per heavy atom. The van der Waals surface area contributed by atoms with Crippen molar-refractivity contribution >= 4 is 131 Å². The van der Waals surface area contributed by atoms with E-state index in [-0.39, 0.29) is 0 Å². The Balaban J connectivity index is 0.953. The topological polar surface area (TPSA) is 155 Å². The van der Waals surface area contributed by atoms with Gasteiger partial charge in [-0.2, -0.15) is 0 Å². The normalized spacial score (nSPS) is 11.7. The number of rotatable bonds is 66. The number of unbranched alkanes of at least 4 members (excludes halogenated alkanes) is 54. The van der Waals surface area contributed by atoms with Crippen molar-refractivity contribution in [1.82, 2.24) is 59.8 Å². The zero-order chi connectivity index (χ0) is 99.7. The van der Waals surface area contributed by atoms with Gasteiger partial charge in [-0.25, -0.2) is 59.8 Å². The molecule has 0 aliphatic heterocycles. The van der Waals surface area contributed by atoms with Crippen molar-refractivity contribution in [3.8, 4) is 0 Å². The van der Waals surface area contributed by atoms with E-state index in [0.717, 1.165) is 174 Å². The number of aromatic nitrogens is 12. The van der Waals surface area contributed by atoms with Gasteiger partial charge in [0.15, 0.2) is 33.9 Å². The Morgan fingerprint density at radius 1 is 0.104 bits per heavy atom. The minimum atomic E-state index is 0.682. The molecule has 12 nitrogen and oxygen atoms in total. The second kappa shape index (κ2) is 65.4. The first kappa shape index (κ1) is 111. The van der Waals surface area contributed by atoms with Crippen LogP contribution in [-0.2, 0) is 38.5 Å². The highest BCUT2D eigenvalue weighted by Gasteiger charge is 2.14. The molecule has 0 N–H and O–H groups in total. The Labute approximate surface area is 867 Å². The summed E-state index contributed by atoms with van der Waals surface area (Å²) in [4.78, 5) is 63.7. The van der Waals surface area contributed by atoms with Crippen LogP contribution in [0.1, 0.15) is 460 Å². The molecule has 6 aromatic carbocycles. The first-order valence-corrected chi connectivity index (χ1v) is 59.0. The van der Waals surface area contributed by atoms with Crippen LogP contribution < -0.4 is 0 Å². The van der Waals surface area contributed by atoms with Crippen molar-refractivity contribution < 1.29 is 0 Å². The van der Waals surface area contributed by atoms with E-state index >= 15 is 0 Å². The highest BCUT2D eigenvalue weighted by atomic mass is 14.9. The van der Waals surface area contributed by atoms with Crippen LogP contribution in [0.25, 0.3) is 131 Å². The number of hydrogen-bond donors (Lipinski definition) is 0. The maximum Gasteiger partial charge on any atom is 0.159 e. The molecule has 768 valence electrons. The molecule has 22 aromatic rings. The van der Waals surface area contributed by atoms with Gasteiger partial charge in [0.2, 0.25) is 0 Å².